The molecule has 7 nitrogen and oxygen atoms in total. The number of carbonyl (C=O) groups is 3. The summed E-state index contributed by atoms with van der Waals surface area (Å²) in [7, 11) is 0. The first kappa shape index (κ1) is 20.2. The number of piperidine rings is 1. The highest BCUT2D eigenvalue weighted by Crippen LogP contribution is 2.27. The summed E-state index contributed by atoms with van der Waals surface area (Å²) in [6.07, 6.45) is 5.04. The number of nitrogens with zero attached hydrogens (tertiary/aromatic N) is 1. The molecule has 0 saturated carbocycles. The van der Waals surface area contributed by atoms with Crippen LogP contribution in [0.15, 0.2) is 18.2 Å². The van der Waals surface area contributed by atoms with Gasteiger partial charge in [0.1, 0.15) is 5.75 Å². The fourth-order valence-corrected chi connectivity index (χ4v) is 3.88. The smallest absolute Gasteiger partial charge is 0.303 e. The summed E-state index contributed by atoms with van der Waals surface area (Å²) in [5.74, 6) is 0.444. The van der Waals surface area contributed by atoms with Crippen molar-refractivity contribution < 1.29 is 24.2 Å². The van der Waals surface area contributed by atoms with Gasteiger partial charge in [-0.05, 0) is 61.8 Å². The van der Waals surface area contributed by atoms with Crippen molar-refractivity contribution in [1.82, 2.24) is 4.90 Å². The average molecular weight is 388 g/mol. The average Bonchev–Trinajstić information content (AvgIpc) is 2.69. The van der Waals surface area contributed by atoms with Crippen molar-refractivity contribution in [3.63, 3.8) is 0 Å². The van der Waals surface area contributed by atoms with E-state index in [1.54, 1.807) is 0 Å². The molecule has 28 heavy (non-hydrogen) atoms. The van der Waals surface area contributed by atoms with Crippen LogP contribution in [-0.2, 0) is 20.8 Å². The number of hydrogen-bond acceptors (Lipinski definition) is 4. The number of amides is 2. The summed E-state index contributed by atoms with van der Waals surface area (Å²) >= 11 is 0. The summed E-state index contributed by atoms with van der Waals surface area (Å²) in [5, 5.41) is 11.7. The third-order valence-corrected chi connectivity index (χ3v) is 5.41. The molecule has 2 amide bonds. The van der Waals surface area contributed by atoms with E-state index in [0.29, 0.717) is 44.8 Å². The molecule has 152 valence electrons. The monoisotopic (exact) mass is 388 g/mol. The van der Waals surface area contributed by atoms with Gasteiger partial charge in [-0.1, -0.05) is 0 Å². The van der Waals surface area contributed by atoms with Crippen molar-refractivity contribution in [2.24, 2.45) is 5.92 Å². The Hall–Kier alpha value is -2.57. The standard InChI is InChI=1S/C21H28N2O5/c24-19-9-6-16-13-17(7-8-18(16)22-19)28-12-2-4-20(25)23-11-1-3-15(14-23)5-10-21(26)27/h7-8,13,15H,1-6,9-12,14H2,(H,22,24)(H,26,27). The lowest BCUT2D eigenvalue weighted by atomic mass is 9.93. The van der Waals surface area contributed by atoms with E-state index >= 15 is 0 Å². The van der Waals surface area contributed by atoms with Crippen molar-refractivity contribution in [3.05, 3.63) is 23.8 Å². The molecular formula is C21H28N2O5. The number of likely N-dealkylation sites (tertiary alicyclic amines) is 1. The van der Waals surface area contributed by atoms with Gasteiger partial charge in [0.05, 0.1) is 6.61 Å². The summed E-state index contributed by atoms with van der Waals surface area (Å²) in [6, 6.07) is 5.65. The normalized spacial score (nSPS) is 18.9. The molecule has 0 aromatic heterocycles. The first-order valence-corrected chi connectivity index (χ1v) is 10.1. The molecule has 3 rings (SSSR count). The molecule has 0 bridgehead atoms. The molecule has 1 aromatic carbocycles. The Labute approximate surface area is 165 Å². The molecule has 1 atom stereocenters. The largest absolute Gasteiger partial charge is 0.494 e. The van der Waals surface area contributed by atoms with E-state index in [2.05, 4.69) is 5.32 Å². The van der Waals surface area contributed by atoms with Gasteiger partial charge >= 0.3 is 5.97 Å². The number of ether oxygens (including phenoxy) is 1. The second-order valence-electron chi connectivity index (χ2n) is 7.60. The van der Waals surface area contributed by atoms with Crippen molar-refractivity contribution in [1.29, 1.82) is 0 Å². The van der Waals surface area contributed by atoms with E-state index < -0.39 is 5.97 Å². The fraction of sp³-hybridized carbons (Fsp3) is 0.571. The third kappa shape index (κ3) is 5.71. The fourth-order valence-electron chi connectivity index (χ4n) is 3.88. The van der Waals surface area contributed by atoms with E-state index in [4.69, 9.17) is 9.84 Å². The van der Waals surface area contributed by atoms with E-state index in [1.807, 2.05) is 23.1 Å². The van der Waals surface area contributed by atoms with Crippen LogP contribution in [0, 0.1) is 5.92 Å². The van der Waals surface area contributed by atoms with Gasteiger partial charge < -0.3 is 20.1 Å². The lowest BCUT2D eigenvalue weighted by Crippen LogP contribution is -2.40. The maximum absolute atomic E-state index is 12.4. The van der Waals surface area contributed by atoms with Gasteiger partial charge in [-0.2, -0.15) is 0 Å². The maximum Gasteiger partial charge on any atom is 0.303 e. The number of aliphatic carboxylic acids is 1. The number of benzene rings is 1. The molecule has 7 heteroatoms. The number of carboxylic acids is 1. The van der Waals surface area contributed by atoms with Crippen LogP contribution in [0.4, 0.5) is 5.69 Å². The molecule has 1 unspecified atom stereocenters. The summed E-state index contributed by atoms with van der Waals surface area (Å²) in [6.45, 7) is 1.90. The molecule has 2 heterocycles. The van der Waals surface area contributed by atoms with Gasteiger partial charge in [0.25, 0.3) is 0 Å². The Morgan fingerprint density at radius 1 is 1.25 bits per heavy atom. The van der Waals surface area contributed by atoms with Gasteiger partial charge in [0.2, 0.25) is 11.8 Å². The first-order chi connectivity index (χ1) is 13.5. The lowest BCUT2D eigenvalue weighted by molar-refractivity contribution is -0.137. The predicted molar refractivity (Wildman–Crippen MR) is 104 cm³/mol. The van der Waals surface area contributed by atoms with E-state index in [-0.39, 0.29) is 18.2 Å². The maximum atomic E-state index is 12.4. The molecular weight excluding hydrogens is 360 g/mol. The number of fused-ring (bicyclic) bond motifs is 1. The molecule has 2 N–H and O–H groups in total. The van der Waals surface area contributed by atoms with Crippen LogP contribution < -0.4 is 10.1 Å². The quantitative estimate of drug-likeness (QED) is 0.668. The molecule has 2 aliphatic rings. The van der Waals surface area contributed by atoms with Crippen LogP contribution in [0.2, 0.25) is 0 Å². The Morgan fingerprint density at radius 2 is 2.11 bits per heavy atom. The Morgan fingerprint density at radius 3 is 2.93 bits per heavy atom. The van der Waals surface area contributed by atoms with E-state index in [9.17, 15) is 14.4 Å². The SMILES string of the molecule is O=C(O)CCC1CCCN(C(=O)CCCOc2ccc3c(c2)CCC(=O)N3)C1. The van der Waals surface area contributed by atoms with Crippen molar-refractivity contribution >= 4 is 23.5 Å². The number of carboxylic acid groups (broad SMARTS) is 1. The highest BCUT2D eigenvalue weighted by atomic mass is 16.5. The van der Waals surface area contributed by atoms with Gasteiger partial charge in [0.15, 0.2) is 0 Å². The molecule has 2 aliphatic heterocycles. The molecule has 0 radical (unpaired) electrons. The first-order valence-electron chi connectivity index (χ1n) is 10.1. The molecule has 0 spiro atoms. The zero-order chi connectivity index (χ0) is 19.9. The van der Waals surface area contributed by atoms with Crippen LogP contribution in [0.1, 0.15) is 50.5 Å². The molecule has 0 aliphatic carbocycles. The van der Waals surface area contributed by atoms with Crippen LogP contribution in [0.3, 0.4) is 0 Å². The Bertz CT molecular complexity index is 734. The van der Waals surface area contributed by atoms with Crippen molar-refractivity contribution in [2.45, 2.75) is 51.4 Å². The molecule has 1 aromatic rings. The lowest BCUT2D eigenvalue weighted by Gasteiger charge is -2.32. The third-order valence-electron chi connectivity index (χ3n) is 5.41. The number of rotatable bonds is 8. The van der Waals surface area contributed by atoms with Gasteiger partial charge in [0, 0.05) is 38.0 Å². The van der Waals surface area contributed by atoms with Gasteiger partial charge in [-0.3, -0.25) is 14.4 Å². The van der Waals surface area contributed by atoms with Crippen LogP contribution in [-0.4, -0.2) is 47.5 Å². The van der Waals surface area contributed by atoms with E-state index in [1.165, 1.54) is 0 Å². The van der Waals surface area contributed by atoms with E-state index in [0.717, 1.165) is 42.8 Å². The number of anilines is 1. The minimum atomic E-state index is -0.773. The number of carbonyl (C=O) groups excluding carboxylic acids is 2. The second kappa shape index (κ2) is 9.57. The van der Waals surface area contributed by atoms with Crippen LogP contribution >= 0.6 is 0 Å². The molecule has 1 saturated heterocycles. The second-order valence-corrected chi connectivity index (χ2v) is 7.60. The number of aryl methyl sites for hydroxylation is 1. The number of nitrogens with one attached hydrogen (secondary N) is 1. The summed E-state index contributed by atoms with van der Waals surface area (Å²) < 4.78 is 5.77. The summed E-state index contributed by atoms with van der Waals surface area (Å²) in [5.41, 5.74) is 1.93. The topological polar surface area (TPSA) is 95.9 Å². The van der Waals surface area contributed by atoms with Gasteiger partial charge in [-0.25, -0.2) is 0 Å². The molecule has 1 fully saturated rings. The van der Waals surface area contributed by atoms with Crippen LogP contribution in [0.25, 0.3) is 0 Å². The summed E-state index contributed by atoms with van der Waals surface area (Å²) in [4.78, 5) is 36.4. The van der Waals surface area contributed by atoms with Crippen molar-refractivity contribution in [3.8, 4) is 5.75 Å². The number of hydrogen-bond donors (Lipinski definition) is 2. The Balaban J connectivity index is 1.38. The zero-order valence-electron chi connectivity index (χ0n) is 16.1. The highest BCUT2D eigenvalue weighted by Gasteiger charge is 2.23. The minimum absolute atomic E-state index is 0.0441. The predicted octanol–water partition coefficient (Wildman–Crippen LogP) is 2.83. The van der Waals surface area contributed by atoms with Gasteiger partial charge in [-0.15, -0.1) is 0 Å². The highest BCUT2D eigenvalue weighted by molar-refractivity contribution is 5.94. The minimum Gasteiger partial charge on any atom is -0.494 e. The zero-order valence-corrected chi connectivity index (χ0v) is 16.1. The Kier molecular flexibility index (Phi) is 6.90. The van der Waals surface area contributed by atoms with Crippen molar-refractivity contribution in [2.75, 3.05) is 25.0 Å². The van der Waals surface area contributed by atoms with Crippen LogP contribution in [0.5, 0.6) is 5.75 Å².